The number of nitrogens with zero attached hydrogens (tertiary/aromatic N) is 1. The highest BCUT2D eigenvalue weighted by atomic mass is 35.5. The first-order chi connectivity index (χ1) is 8.63. The van der Waals surface area contributed by atoms with E-state index in [2.05, 4.69) is 0 Å². The molecule has 0 aliphatic heterocycles. The molecule has 1 aliphatic rings. The van der Waals surface area contributed by atoms with Crippen molar-refractivity contribution in [1.82, 2.24) is 4.90 Å². The highest BCUT2D eigenvalue weighted by Crippen LogP contribution is 2.31. The SMILES string of the molecule is CCCC(=O)N(Cc1c(F)cccc1Cl)C1CC1. The molecule has 1 saturated carbocycles. The van der Waals surface area contributed by atoms with Crippen LogP contribution in [-0.2, 0) is 11.3 Å². The lowest BCUT2D eigenvalue weighted by Gasteiger charge is -2.23. The Morgan fingerprint density at radius 2 is 2.22 bits per heavy atom. The standard InChI is InChI=1S/C14H17ClFNO/c1-2-4-14(18)17(10-7-8-10)9-11-12(15)5-3-6-13(11)16/h3,5-6,10H,2,4,7-9H2,1H3. The number of hydrogen-bond acceptors (Lipinski definition) is 1. The molecule has 1 aromatic rings. The van der Waals surface area contributed by atoms with Crippen LogP contribution in [0.25, 0.3) is 0 Å². The van der Waals surface area contributed by atoms with Crippen LogP contribution in [0.4, 0.5) is 4.39 Å². The van der Waals surface area contributed by atoms with E-state index < -0.39 is 0 Å². The van der Waals surface area contributed by atoms with Crippen molar-refractivity contribution in [3.05, 3.63) is 34.6 Å². The summed E-state index contributed by atoms with van der Waals surface area (Å²) in [5, 5.41) is 0.393. The first-order valence-electron chi connectivity index (χ1n) is 6.35. The van der Waals surface area contributed by atoms with Gasteiger partial charge in [-0.3, -0.25) is 4.79 Å². The van der Waals surface area contributed by atoms with E-state index in [1.807, 2.05) is 6.92 Å². The molecule has 0 spiro atoms. The molecule has 1 fully saturated rings. The van der Waals surface area contributed by atoms with Crippen molar-refractivity contribution in [1.29, 1.82) is 0 Å². The molecule has 0 unspecified atom stereocenters. The van der Waals surface area contributed by atoms with Gasteiger partial charge in [-0.05, 0) is 31.4 Å². The summed E-state index contributed by atoms with van der Waals surface area (Å²) in [6, 6.07) is 4.90. The van der Waals surface area contributed by atoms with Gasteiger partial charge in [-0.1, -0.05) is 24.6 Å². The minimum absolute atomic E-state index is 0.0966. The van der Waals surface area contributed by atoms with Crippen molar-refractivity contribution < 1.29 is 9.18 Å². The number of carbonyl (C=O) groups is 1. The molecule has 1 aliphatic carbocycles. The summed E-state index contributed by atoms with van der Waals surface area (Å²) in [6.07, 6.45) is 3.36. The van der Waals surface area contributed by atoms with Crippen LogP contribution in [0.5, 0.6) is 0 Å². The highest BCUT2D eigenvalue weighted by molar-refractivity contribution is 6.31. The number of halogens is 2. The van der Waals surface area contributed by atoms with E-state index in [0.717, 1.165) is 19.3 Å². The van der Waals surface area contributed by atoms with Crippen LogP contribution in [0, 0.1) is 5.82 Å². The second-order valence-electron chi connectivity index (χ2n) is 4.70. The third-order valence-corrected chi connectivity index (χ3v) is 3.52. The Hall–Kier alpha value is -1.09. The van der Waals surface area contributed by atoms with Gasteiger partial charge in [0.1, 0.15) is 5.82 Å². The fourth-order valence-electron chi connectivity index (χ4n) is 2.02. The van der Waals surface area contributed by atoms with Crippen LogP contribution in [-0.4, -0.2) is 16.8 Å². The van der Waals surface area contributed by atoms with E-state index in [9.17, 15) is 9.18 Å². The molecule has 0 radical (unpaired) electrons. The van der Waals surface area contributed by atoms with Crippen molar-refractivity contribution in [2.24, 2.45) is 0 Å². The maximum atomic E-state index is 13.7. The van der Waals surface area contributed by atoms with Crippen molar-refractivity contribution >= 4 is 17.5 Å². The number of amides is 1. The minimum Gasteiger partial charge on any atom is -0.335 e. The van der Waals surface area contributed by atoms with E-state index >= 15 is 0 Å². The Labute approximate surface area is 112 Å². The second kappa shape index (κ2) is 5.70. The quantitative estimate of drug-likeness (QED) is 0.797. The summed E-state index contributed by atoms with van der Waals surface area (Å²) in [5.41, 5.74) is 0.426. The van der Waals surface area contributed by atoms with Crippen LogP contribution in [0.15, 0.2) is 18.2 Å². The van der Waals surface area contributed by atoms with Gasteiger partial charge >= 0.3 is 0 Å². The lowest BCUT2D eigenvalue weighted by Crippen LogP contribution is -2.32. The fourth-order valence-corrected chi connectivity index (χ4v) is 2.24. The van der Waals surface area contributed by atoms with Crippen LogP contribution < -0.4 is 0 Å². The Morgan fingerprint density at radius 1 is 1.50 bits per heavy atom. The number of hydrogen-bond donors (Lipinski definition) is 0. The summed E-state index contributed by atoms with van der Waals surface area (Å²) >= 11 is 6.00. The maximum Gasteiger partial charge on any atom is 0.223 e. The molecule has 18 heavy (non-hydrogen) atoms. The second-order valence-corrected chi connectivity index (χ2v) is 5.11. The van der Waals surface area contributed by atoms with Crippen LogP contribution in [0.1, 0.15) is 38.2 Å². The van der Waals surface area contributed by atoms with Gasteiger partial charge in [0.05, 0.1) is 6.54 Å². The van der Waals surface area contributed by atoms with Gasteiger partial charge < -0.3 is 4.90 Å². The van der Waals surface area contributed by atoms with Crippen molar-refractivity contribution in [2.75, 3.05) is 0 Å². The summed E-state index contributed by atoms with van der Waals surface area (Å²) in [5.74, 6) is -0.239. The van der Waals surface area contributed by atoms with Crippen LogP contribution in [0.2, 0.25) is 5.02 Å². The minimum atomic E-state index is -0.336. The smallest absolute Gasteiger partial charge is 0.223 e. The molecule has 0 bridgehead atoms. The van der Waals surface area contributed by atoms with E-state index in [4.69, 9.17) is 11.6 Å². The Morgan fingerprint density at radius 3 is 2.78 bits per heavy atom. The number of rotatable bonds is 5. The van der Waals surface area contributed by atoms with E-state index in [-0.39, 0.29) is 24.3 Å². The zero-order chi connectivity index (χ0) is 13.1. The molecule has 0 aromatic heterocycles. The largest absolute Gasteiger partial charge is 0.335 e. The molecular weight excluding hydrogens is 253 g/mol. The third-order valence-electron chi connectivity index (χ3n) is 3.16. The first kappa shape index (κ1) is 13.3. The summed E-state index contributed by atoms with van der Waals surface area (Å²) in [6.45, 7) is 2.26. The Bertz CT molecular complexity index is 425. The zero-order valence-corrected chi connectivity index (χ0v) is 11.2. The van der Waals surface area contributed by atoms with E-state index in [0.29, 0.717) is 17.0 Å². The number of benzene rings is 1. The monoisotopic (exact) mass is 269 g/mol. The van der Waals surface area contributed by atoms with Gasteiger partial charge in [-0.2, -0.15) is 0 Å². The molecule has 98 valence electrons. The zero-order valence-electron chi connectivity index (χ0n) is 10.5. The molecule has 1 amide bonds. The molecule has 0 atom stereocenters. The lowest BCUT2D eigenvalue weighted by atomic mass is 10.1. The van der Waals surface area contributed by atoms with Gasteiger partial charge in [-0.15, -0.1) is 0 Å². The van der Waals surface area contributed by atoms with Crippen molar-refractivity contribution in [3.8, 4) is 0 Å². The predicted molar refractivity (Wildman–Crippen MR) is 69.9 cm³/mol. The Balaban J connectivity index is 2.16. The van der Waals surface area contributed by atoms with Crippen molar-refractivity contribution in [2.45, 2.75) is 45.2 Å². The molecule has 0 N–H and O–H groups in total. The molecule has 2 rings (SSSR count). The lowest BCUT2D eigenvalue weighted by molar-refractivity contribution is -0.132. The molecular formula is C14H17ClFNO. The molecule has 2 nitrogen and oxygen atoms in total. The van der Waals surface area contributed by atoms with Crippen LogP contribution in [0.3, 0.4) is 0 Å². The van der Waals surface area contributed by atoms with E-state index in [1.54, 1.807) is 17.0 Å². The normalized spacial score (nSPS) is 14.6. The summed E-state index contributed by atoms with van der Waals surface area (Å²) < 4.78 is 13.7. The number of carbonyl (C=O) groups excluding carboxylic acids is 1. The summed E-state index contributed by atoms with van der Waals surface area (Å²) in [7, 11) is 0. The predicted octanol–water partition coefficient (Wildman–Crippen LogP) is 3.77. The average molecular weight is 270 g/mol. The molecule has 0 heterocycles. The van der Waals surface area contributed by atoms with Gasteiger partial charge in [0.15, 0.2) is 0 Å². The van der Waals surface area contributed by atoms with Gasteiger partial charge in [0.25, 0.3) is 0 Å². The van der Waals surface area contributed by atoms with Gasteiger partial charge in [0, 0.05) is 23.0 Å². The third kappa shape index (κ3) is 3.02. The first-order valence-corrected chi connectivity index (χ1v) is 6.73. The Kier molecular flexibility index (Phi) is 4.23. The highest BCUT2D eigenvalue weighted by Gasteiger charge is 2.32. The molecule has 1 aromatic carbocycles. The van der Waals surface area contributed by atoms with Crippen molar-refractivity contribution in [3.63, 3.8) is 0 Å². The van der Waals surface area contributed by atoms with Gasteiger partial charge in [0.2, 0.25) is 5.91 Å². The topological polar surface area (TPSA) is 20.3 Å². The summed E-state index contributed by atoms with van der Waals surface area (Å²) in [4.78, 5) is 13.8. The van der Waals surface area contributed by atoms with E-state index in [1.165, 1.54) is 6.07 Å². The average Bonchev–Trinajstić information content (AvgIpc) is 3.13. The maximum absolute atomic E-state index is 13.7. The van der Waals surface area contributed by atoms with Crippen LogP contribution >= 0.6 is 11.6 Å². The van der Waals surface area contributed by atoms with Gasteiger partial charge in [-0.25, -0.2) is 4.39 Å². The molecule has 0 saturated heterocycles. The molecule has 4 heteroatoms. The fraction of sp³-hybridized carbons (Fsp3) is 0.500.